The second-order valence-corrected chi connectivity index (χ2v) is 8.41. The third-order valence-corrected chi connectivity index (χ3v) is 5.16. The van der Waals surface area contributed by atoms with Crippen molar-refractivity contribution in [3.8, 4) is 0 Å². The van der Waals surface area contributed by atoms with Gasteiger partial charge in [-0.25, -0.2) is 4.98 Å². The molecule has 0 amide bonds. The van der Waals surface area contributed by atoms with Crippen LogP contribution in [0, 0.1) is 6.92 Å². The fourth-order valence-corrected chi connectivity index (χ4v) is 3.58. The number of benzene rings is 2. The van der Waals surface area contributed by atoms with Crippen molar-refractivity contribution in [1.82, 2.24) is 14.9 Å². The van der Waals surface area contributed by atoms with Gasteiger partial charge in [-0.15, -0.1) is 0 Å². The average Bonchev–Trinajstić information content (AvgIpc) is 2.92. The molecule has 26 heavy (non-hydrogen) atoms. The molecule has 138 valence electrons. The summed E-state index contributed by atoms with van der Waals surface area (Å²) in [5, 5.41) is 4.34. The lowest BCUT2D eigenvalue weighted by Crippen LogP contribution is -2.33. The summed E-state index contributed by atoms with van der Waals surface area (Å²) in [6, 6.07) is 15.1. The molecule has 3 nitrogen and oxygen atoms in total. The minimum atomic E-state index is 0.0612. The zero-order chi connectivity index (χ0) is 18.9. The maximum absolute atomic E-state index is 6.14. The second kappa shape index (κ2) is 7.42. The molecule has 0 spiro atoms. The summed E-state index contributed by atoms with van der Waals surface area (Å²) in [5.74, 6) is 1.05. The number of halogens is 1. The fraction of sp³-hybridized carbons (Fsp3) is 0.409. The van der Waals surface area contributed by atoms with E-state index < -0.39 is 0 Å². The summed E-state index contributed by atoms with van der Waals surface area (Å²) in [5.41, 5.74) is 4.80. The zero-order valence-corrected chi connectivity index (χ0v) is 17.1. The lowest BCUT2D eigenvalue weighted by atomic mass is 9.84. The van der Waals surface area contributed by atoms with Gasteiger partial charge in [0.15, 0.2) is 0 Å². The van der Waals surface area contributed by atoms with Crippen molar-refractivity contribution in [3.63, 3.8) is 0 Å². The quantitative estimate of drug-likeness (QED) is 0.608. The van der Waals surface area contributed by atoms with Gasteiger partial charge in [-0.2, -0.15) is 0 Å². The predicted molar refractivity (Wildman–Crippen MR) is 111 cm³/mol. The highest BCUT2D eigenvalue weighted by Crippen LogP contribution is 2.25. The van der Waals surface area contributed by atoms with Crippen LogP contribution in [0.3, 0.4) is 0 Å². The van der Waals surface area contributed by atoms with Gasteiger partial charge in [0, 0.05) is 23.0 Å². The van der Waals surface area contributed by atoms with Gasteiger partial charge in [-0.3, -0.25) is 0 Å². The Balaban J connectivity index is 1.77. The molecule has 0 aliphatic carbocycles. The molecular weight excluding hydrogens is 342 g/mol. The van der Waals surface area contributed by atoms with Crippen molar-refractivity contribution in [3.05, 3.63) is 64.4 Å². The highest BCUT2D eigenvalue weighted by molar-refractivity contribution is 6.31. The molecule has 0 aliphatic rings. The van der Waals surface area contributed by atoms with E-state index in [0.29, 0.717) is 6.04 Å². The van der Waals surface area contributed by atoms with Crippen molar-refractivity contribution in [2.75, 3.05) is 6.54 Å². The standard InChI is InChI=1S/C22H28ClN3/c1-15(2)26-20-11-10-18(23)12-19(20)25-21(26)13-24-14-22(4,5)17-8-6-16(3)7-9-17/h6-12,15,24H,13-14H2,1-5H3. The van der Waals surface area contributed by atoms with Gasteiger partial charge in [0.2, 0.25) is 0 Å². The molecule has 1 aromatic heterocycles. The summed E-state index contributed by atoms with van der Waals surface area (Å²) < 4.78 is 2.29. The molecule has 0 atom stereocenters. The summed E-state index contributed by atoms with van der Waals surface area (Å²) in [6.07, 6.45) is 0. The molecule has 1 heterocycles. The van der Waals surface area contributed by atoms with Gasteiger partial charge < -0.3 is 9.88 Å². The molecule has 0 saturated carbocycles. The van der Waals surface area contributed by atoms with Crippen LogP contribution in [-0.2, 0) is 12.0 Å². The van der Waals surface area contributed by atoms with E-state index in [1.54, 1.807) is 0 Å². The molecular formula is C22H28ClN3. The number of nitrogens with zero attached hydrogens (tertiary/aromatic N) is 2. The normalized spacial score (nSPS) is 12.3. The molecule has 0 bridgehead atoms. The second-order valence-electron chi connectivity index (χ2n) is 7.98. The Morgan fingerprint density at radius 1 is 1.12 bits per heavy atom. The van der Waals surface area contributed by atoms with Gasteiger partial charge in [-0.05, 0) is 44.5 Å². The minimum Gasteiger partial charge on any atom is -0.324 e. The van der Waals surface area contributed by atoms with Crippen LogP contribution < -0.4 is 5.32 Å². The SMILES string of the molecule is Cc1ccc(C(C)(C)CNCc2nc3cc(Cl)ccc3n2C(C)C)cc1. The lowest BCUT2D eigenvalue weighted by Gasteiger charge is -2.26. The number of nitrogens with one attached hydrogen (secondary N) is 1. The van der Waals surface area contributed by atoms with Crippen LogP contribution in [0.15, 0.2) is 42.5 Å². The molecule has 0 unspecified atom stereocenters. The van der Waals surface area contributed by atoms with Crippen molar-refractivity contribution in [2.24, 2.45) is 0 Å². The Kier molecular flexibility index (Phi) is 5.40. The number of fused-ring (bicyclic) bond motifs is 1. The Morgan fingerprint density at radius 2 is 1.81 bits per heavy atom. The number of imidazole rings is 1. The Bertz CT molecular complexity index is 892. The van der Waals surface area contributed by atoms with Crippen LogP contribution in [-0.4, -0.2) is 16.1 Å². The van der Waals surface area contributed by atoms with Crippen LogP contribution in [0.2, 0.25) is 5.02 Å². The highest BCUT2D eigenvalue weighted by Gasteiger charge is 2.21. The summed E-state index contributed by atoms with van der Waals surface area (Å²) in [4.78, 5) is 4.81. The molecule has 4 heteroatoms. The minimum absolute atomic E-state index is 0.0612. The zero-order valence-electron chi connectivity index (χ0n) is 16.3. The van der Waals surface area contributed by atoms with Crippen LogP contribution in [0.4, 0.5) is 0 Å². The van der Waals surface area contributed by atoms with Crippen LogP contribution in [0.1, 0.15) is 50.7 Å². The van der Waals surface area contributed by atoms with Gasteiger partial charge in [0.1, 0.15) is 5.82 Å². The first-order chi connectivity index (χ1) is 12.3. The van der Waals surface area contributed by atoms with E-state index in [9.17, 15) is 0 Å². The highest BCUT2D eigenvalue weighted by atomic mass is 35.5. The Labute approximate surface area is 161 Å². The molecule has 0 fully saturated rings. The van der Waals surface area contributed by atoms with Crippen LogP contribution >= 0.6 is 11.6 Å². The predicted octanol–water partition coefficient (Wildman–Crippen LogP) is 5.65. The van der Waals surface area contributed by atoms with Gasteiger partial charge in [0.25, 0.3) is 0 Å². The number of hydrogen-bond donors (Lipinski definition) is 1. The third-order valence-electron chi connectivity index (χ3n) is 4.92. The smallest absolute Gasteiger partial charge is 0.124 e. The Hall–Kier alpha value is -1.84. The lowest BCUT2D eigenvalue weighted by molar-refractivity contribution is 0.455. The fourth-order valence-electron chi connectivity index (χ4n) is 3.42. The molecule has 0 radical (unpaired) electrons. The van der Waals surface area contributed by atoms with E-state index in [0.717, 1.165) is 35.0 Å². The summed E-state index contributed by atoms with van der Waals surface area (Å²) in [7, 11) is 0. The van der Waals surface area contributed by atoms with Crippen molar-refractivity contribution in [2.45, 2.75) is 52.6 Å². The van der Waals surface area contributed by atoms with E-state index in [-0.39, 0.29) is 5.41 Å². The van der Waals surface area contributed by atoms with Crippen LogP contribution in [0.25, 0.3) is 11.0 Å². The first kappa shape index (κ1) is 18.9. The maximum Gasteiger partial charge on any atom is 0.124 e. The van der Waals surface area contributed by atoms with Crippen molar-refractivity contribution in [1.29, 1.82) is 0 Å². The first-order valence-electron chi connectivity index (χ1n) is 9.22. The number of aryl methyl sites for hydroxylation is 1. The molecule has 2 aromatic carbocycles. The van der Waals surface area contributed by atoms with E-state index in [2.05, 4.69) is 74.8 Å². The number of hydrogen-bond acceptors (Lipinski definition) is 2. The van der Waals surface area contributed by atoms with Gasteiger partial charge >= 0.3 is 0 Å². The van der Waals surface area contributed by atoms with Crippen molar-refractivity contribution >= 4 is 22.6 Å². The molecule has 3 rings (SSSR count). The average molecular weight is 370 g/mol. The van der Waals surface area contributed by atoms with Gasteiger partial charge in [-0.1, -0.05) is 55.3 Å². The molecule has 1 N–H and O–H groups in total. The number of aromatic nitrogens is 2. The topological polar surface area (TPSA) is 29.9 Å². The largest absolute Gasteiger partial charge is 0.324 e. The monoisotopic (exact) mass is 369 g/mol. The Morgan fingerprint density at radius 3 is 2.46 bits per heavy atom. The number of rotatable bonds is 6. The summed E-state index contributed by atoms with van der Waals surface area (Å²) in [6.45, 7) is 12.7. The maximum atomic E-state index is 6.14. The molecule has 3 aromatic rings. The molecule has 0 aliphatic heterocycles. The van der Waals surface area contributed by atoms with Crippen molar-refractivity contribution < 1.29 is 0 Å². The van der Waals surface area contributed by atoms with Gasteiger partial charge in [0.05, 0.1) is 17.6 Å². The molecule has 0 saturated heterocycles. The summed E-state index contributed by atoms with van der Waals surface area (Å²) >= 11 is 6.14. The van der Waals surface area contributed by atoms with E-state index >= 15 is 0 Å². The third kappa shape index (κ3) is 3.94. The van der Waals surface area contributed by atoms with E-state index in [1.165, 1.54) is 11.1 Å². The van der Waals surface area contributed by atoms with E-state index in [4.69, 9.17) is 16.6 Å². The van der Waals surface area contributed by atoms with Crippen LogP contribution in [0.5, 0.6) is 0 Å². The first-order valence-corrected chi connectivity index (χ1v) is 9.60. The van der Waals surface area contributed by atoms with E-state index in [1.807, 2.05) is 12.1 Å².